The third-order valence-electron chi connectivity index (χ3n) is 4.09. The van der Waals surface area contributed by atoms with Crippen molar-refractivity contribution >= 4 is 0 Å². The topological polar surface area (TPSA) is 24.5 Å². The summed E-state index contributed by atoms with van der Waals surface area (Å²) in [5, 5.41) is 3.59. The van der Waals surface area contributed by atoms with E-state index in [1.54, 1.807) is 0 Å². The number of nitrogens with one attached hydrogen (secondary N) is 1. The van der Waals surface area contributed by atoms with Crippen LogP contribution in [0.4, 0.5) is 0 Å². The van der Waals surface area contributed by atoms with Crippen molar-refractivity contribution in [1.29, 1.82) is 0 Å². The number of rotatable bonds is 6. The Hall–Kier alpha value is -0.120. The molecule has 0 aromatic heterocycles. The quantitative estimate of drug-likeness (QED) is 0.786. The van der Waals surface area contributed by atoms with E-state index in [1.165, 1.54) is 51.9 Å². The minimum Gasteiger partial charge on any atom is -0.377 e. The zero-order valence-corrected chi connectivity index (χ0v) is 12.2. The van der Waals surface area contributed by atoms with E-state index in [4.69, 9.17) is 4.74 Å². The van der Waals surface area contributed by atoms with E-state index in [0.29, 0.717) is 6.10 Å². The fourth-order valence-electron chi connectivity index (χ4n) is 3.06. The van der Waals surface area contributed by atoms with Gasteiger partial charge in [0.25, 0.3) is 0 Å². The lowest BCUT2D eigenvalue weighted by Crippen LogP contribution is -2.35. The number of hydrogen-bond acceptors (Lipinski definition) is 3. The summed E-state index contributed by atoms with van der Waals surface area (Å²) >= 11 is 0. The maximum atomic E-state index is 5.83. The highest BCUT2D eigenvalue weighted by Gasteiger charge is 2.25. The van der Waals surface area contributed by atoms with Gasteiger partial charge in [-0.1, -0.05) is 13.8 Å². The van der Waals surface area contributed by atoms with Gasteiger partial charge in [0.05, 0.1) is 6.10 Å². The third-order valence-corrected chi connectivity index (χ3v) is 4.09. The molecule has 106 valence electrons. The molecular formula is C15H30N2O. The van der Waals surface area contributed by atoms with E-state index in [0.717, 1.165) is 25.0 Å². The van der Waals surface area contributed by atoms with E-state index >= 15 is 0 Å². The lowest BCUT2D eigenvalue weighted by atomic mass is 10.1. The molecule has 0 aromatic rings. The second kappa shape index (κ2) is 7.46. The molecule has 3 nitrogen and oxygen atoms in total. The molecule has 0 spiro atoms. The van der Waals surface area contributed by atoms with E-state index in [2.05, 4.69) is 24.1 Å². The lowest BCUT2D eigenvalue weighted by Gasteiger charge is -2.27. The fourth-order valence-corrected chi connectivity index (χ4v) is 3.06. The molecule has 2 unspecified atom stereocenters. The smallest absolute Gasteiger partial charge is 0.0702 e. The fraction of sp³-hybridized carbons (Fsp3) is 1.00. The van der Waals surface area contributed by atoms with Crippen molar-refractivity contribution in [2.24, 2.45) is 11.8 Å². The van der Waals surface area contributed by atoms with Gasteiger partial charge in [0.2, 0.25) is 0 Å². The van der Waals surface area contributed by atoms with Gasteiger partial charge in [-0.05, 0) is 57.2 Å². The number of ether oxygens (including phenoxy) is 1. The van der Waals surface area contributed by atoms with Gasteiger partial charge in [0.15, 0.2) is 0 Å². The largest absolute Gasteiger partial charge is 0.377 e. The molecule has 2 aliphatic rings. The van der Waals surface area contributed by atoms with Crippen LogP contribution in [0, 0.1) is 11.8 Å². The van der Waals surface area contributed by atoms with Gasteiger partial charge in [0.1, 0.15) is 0 Å². The summed E-state index contributed by atoms with van der Waals surface area (Å²) in [6.07, 6.45) is 5.77. The Balaban J connectivity index is 1.59. The van der Waals surface area contributed by atoms with Crippen molar-refractivity contribution in [3.8, 4) is 0 Å². The Labute approximate surface area is 112 Å². The van der Waals surface area contributed by atoms with Crippen LogP contribution < -0.4 is 5.32 Å². The molecule has 0 saturated carbocycles. The second-order valence-electron chi connectivity index (χ2n) is 6.45. The average molecular weight is 254 g/mol. The molecule has 3 heteroatoms. The monoisotopic (exact) mass is 254 g/mol. The molecular weight excluding hydrogens is 224 g/mol. The zero-order valence-electron chi connectivity index (χ0n) is 12.2. The third kappa shape index (κ3) is 4.87. The Kier molecular flexibility index (Phi) is 5.93. The summed E-state index contributed by atoms with van der Waals surface area (Å²) in [5.74, 6) is 1.62. The summed E-state index contributed by atoms with van der Waals surface area (Å²) in [5.41, 5.74) is 0. The highest BCUT2D eigenvalue weighted by atomic mass is 16.5. The minimum atomic E-state index is 0.515. The van der Waals surface area contributed by atoms with Gasteiger partial charge in [-0.15, -0.1) is 0 Å². The normalized spacial score (nSPS) is 30.2. The van der Waals surface area contributed by atoms with E-state index in [-0.39, 0.29) is 0 Å². The van der Waals surface area contributed by atoms with Crippen LogP contribution in [0.15, 0.2) is 0 Å². The average Bonchev–Trinajstić information content (AvgIpc) is 2.78. The van der Waals surface area contributed by atoms with E-state index in [9.17, 15) is 0 Å². The first-order valence-electron chi connectivity index (χ1n) is 7.78. The van der Waals surface area contributed by atoms with Crippen molar-refractivity contribution in [2.75, 3.05) is 39.3 Å². The maximum Gasteiger partial charge on any atom is 0.0702 e. The molecule has 0 amide bonds. The van der Waals surface area contributed by atoms with E-state index < -0.39 is 0 Å². The van der Waals surface area contributed by atoms with Gasteiger partial charge in [0, 0.05) is 19.7 Å². The number of likely N-dealkylation sites (tertiary alicyclic amines) is 1. The van der Waals surface area contributed by atoms with Crippen LogP contribution in [-0.4, -0.2) is 50.3 Å². The number of hydrogen-bond donors (Lipinski definition) is 1. The van der Waals surface area contributed by atoms with Crippen LogP contribution in [0.1, 0.15) is 39.5 Å². The molecule has 0 aliphatic carbocycles. The maximum absolute atomic E-state index is 5.83. The Bertz CT molecular complexity index is 227. The molecule has 0 bridgehead atoms. The number of nitrogens with zero attached hydrogens (tertiary/aromatic N) is 1. The zero-order chi connectivity index (χ0) is 12.8. The molecule has 2 fully saturated rings. The SMILES string of the molecule is CC(C)CNCC1CCN(CC2CCCCO2)C1. The molecule has 2 rings (SSSR count). The Morgan fingerprint density at radius 3 is 2.89 bits per heavy atom. The molecule has 0 radical (unpaired) electrons. The van der Waals surface area contributed by atoms with Gasteiger partial charge < -0.3 is 15.0 Å². The Morgan fingerprint density at radius 1 is 1.28 bits per heavy atom. The van der Waals surface area contributed by atoms with Crippen LogP contribution in [0.25, 0.3) is 0 Å². The van der Waals surface area contributed by atoms with Crippen molar-refractivity contribution in [3.63, 3.8) is 0 Å². The molecule has 2 saturated heterocycles. The summed E-state index contributed by atoms with van der Waals surface area (Å²) < 4.78 is 5.83. The van der Waals surface area contributed by atoms with Crippen LogP contribution in [0.3, 0.4) is 0 Å². The van der Waals surface area contributed by atoms with Crippen LogP contribution >= 0.6 is 0 Å². The molecule has 1 N–H and O–H groups in total. The first-order chi connectivity index (χ1) is 8.74. The van der Waals surface area contributed by atoms with Crippen molar-refractivity contribution in [2.45, 2.75) is 45.6 Å². The van der Waals surface area contributed by atoms with Crippen molar-refractivity contribution < 1.29 is 4.74 Å². The lowest BCUT2D eigenvalue weighted by molar-refractivity contribution is -0.00236. The summed E-state index contributed by atoms with van der Waals surface area (Å²) in [4.78, 5) is 2.61. The Morgan fingerprint density at radius 2 is 2.17 bits per heavy atom. The van der Waals surface area contributed by atoms with Gasteiger partial charge in [-0.25, -0.2) is 0 Å². The standard InChI is InChI=1S/C15H30N2O/c1-13(2)9-16-10-14-6-7-17(11-14)12-15-5-3-4-8-18-15/h13-16H,3-12H2,1-2H3. The minimum absolute atomic E-state index is 0.515. The van der Waals surface area contributed by atoms with Gasteiger partial charge in [-0.2, -0.15) is 0 Å². The van der Waals surface area contributed by atoms with Crippen molar-refractivity contribution in [1.82, 2.24) is 10.2 Å². The molecule has 2 heterocycles. The first-order valence-corrected chi connectivity index (χ1v) is 7.78. The molecule has 0 aromatic carbocycles. The van der Waals surface area contributed by atoms with Crippen molar-refractivity contribution in [3.05, 3.63) is 0 Å². The first kappa shape index (κ1) is 14.3. The summed E-state index contributed by atoms with van der Waals surface area (Å²) in [7, 11) is 0. The molecule has 2 atom stereocenters. The summed E-state index contributed by atoms with van der Waals surface area (Å²) in [6.45, 7) is 11.6. The second-order valence-corrected chi connectivity index (χ2v) is 6.45. The van der Waals surface area contributed by atoms with E-state index in [1.807, 2.05) is 0 Å². The predicted molar refractivity (Wildman–Crippen MR) is 75.8 cm³/mol. The summed E-state index contributed by atoms with van der Waals surface area (Å²) in [6, 6.07) is 0. The van der Waals surface area contributed by atoms with Crippen LogP contribution in [0.2, 0.25) is 0 Å². The van der Waals surface area contributed by atoms with Crippen LogP contribution in [0.5, 0.6) is 0 Å². The molecule has 18 heavy (non-hydrogen) atoms. The molecule has 2 aliphatic heterocycles. The van der Waals surface area contributed by atoms with Gasteiger partial charge >= 0.3 is 0 Å². The highest BCUT2D eigenvalue weighted by Crippen LogP contribution is 2.19. The van der Waals surface area contributed by atoms with Gasteiger partial charge in [-0.3, -0.25) is 0 Å². The predicted octanol–water partition coefficient (Wildman–Crippen LogP) is 2.12. The van der Waals surface area contributed by atoms with Crippen LogP contribution in [-0.2, 0) is 4.74 Å². The highest BCUT2D eigenvalue weighted by molar-refractivity contribution is 4.80.